The molecule has 1 aromatic carbocycles. The number of benzene rings is 1. The summed E-state index contributed by atoms with van der Waals surface area (Å²) in [7, 11) is 1.19. The number of halogens is 1. The third-order valence-electron chi connectivity index (χ3n) is 2.05. The van der Waals surface area contributed by atoms with Crippen molar-refractivity contribution < 1.29 is 0 Å². The Kier molecular flexibility index (Phi) is 3.15. The second-order valence-electron chi connectivity index (χ2n) is 2.83. The average Bonchev–Trinajstić information content (AvgIpc) is 2.04. The van der Waals surface area contributed by atoms with Crippen LogP contribution in [-0.2, 0) is 0 Å². The maximum atomic E-state index is 6.02. The fraction of sp³-hybridized carbons (Fsp3) is 0.333. The Balaban J connectivity index is 2.93. The SMILES string of the molecule is CCC([SiH3])c1ccccc1Cl. The van der Waals surface area contributed by atoms with Gasteiger partial charge in [0.25, 0.3) is 0 Å². The second-order valence-corrected chi connectivity index (χ2v) is 4.63. The first-order chi connectivity index (χ1) is 5.25. The van der Waals surface area contributed by atoms with Crippen molar-refractivity contribution in [2.75, 3.05) is 0 Å². The molecule has 11 heavy (non-hydrogen) atoms. The Morgan fingerprint density at radius 2 is 2.09 bits per heavy atom. The van der Waals surface area contributed by atoms with Crippen LogP contribution in [0.25, 0.3) is 0 Å². The summed E-state index contributed by atoms with van der Waals surface area (Å²) >= 11 is 6.02. The summed E-state index contributed by atoms with van der Waals surface area (Å²) in [5.41, 5.74) is 2.03. The topological polar surface area (TPSA) is 0 Å². The van der Waals surface area contributed by atoms with E-state index in [2.05, 4.69) is 19.1 Å². The van der Waals surface area contributed by atoms with E-state index in [1.807, 2.05) is 12.1 Å². The maximum absolute atomic E-state index is 6.02. The summed E-state index contributed by atoms with van der Waals surface area (Å²) in [5, 5.41) is 0.925. The van der Waals surface area contributed by atoms with Crippen molar-refractivity contribution >= 4 is 21.8 Å². The Morgan fingerprint density at radius 3 is 2.64 bits per heavy atom. The molecule has 0 amide bonds. The molecule has 0 radical (unpaired) electrons. The molecule has 0 heterocycles. The summed E-state index contributed by atoms with van der Waals surface area (Å²) in [6.45, 7) is 2.21. The predicted molar refractivity (Wildman–Crippen MR) is 54.4 cm³/mol. The average molecular weight is 185 g/mol. The van der Waals surface area contributed by atoms with E-state index in [0.29, 0.717) is 5.54 Å². The molecule has 0 spiro atoms. The Bertz CT molecular complexity index is 235. The number of rotatable bonds is 2. The van der Waals surface area contributed by atoms with E-state index in [1.54, 1.807) is 0 Å². The van der Waals surface area contributed by atoms with E-state index in [-0.39, 0.29) is 0 Å². The molecular formula is C9H13ClSi. The molecule has 0 saturated carbocycles. The van der Waals surface area contributed by atoms with Gasteiger partial charge in [-0.25, -0.2) is 0 Å². The third kappa shape index (κ3) is 2.08. The first-order valence-electron chi connectivity index (χ1n) is 4.00. The molecule has 2 heteroatoms. The molecule has 1 unspecified atom stereocenters. The van der Waals surface area contributed by atoms with Crippen LogP contribution in [0.15, 0.2) is 24.3 Å². The molecule has 0 nitrogen and oxygen atoms in total. The molecule has 60 valence electrons. The van der Waals surface area contributed by atoms with Crippen LogP contribution in [0, 0.1) is 0 Å². The highest BCUT2D eigenvalue weighted by Gasteiger charge is 2.05. The fourth-order valence-electron chi connectivity index (χ4n) is 1.09. The first kappa shape index (κ1) is 8.82. The van der Waals surface area contributed by atoms with Gasteiger partial charge < -0.3 is 0 Å². The summed E-state index contributed by atoms with van der Waals surface area (Å²) in [4.78, 5) is 0. The van der Waals surface area contributed by atoms with Crippen LogP contribution >= 0.6 is 11.6 Å². The Labute approximate surface area is 76.0 Å². The number of hydrogen-bond acceptors (Lipinski definition) is 0. The van der Waals surface area contributed by atoms with Crippen LogP contribution in [0.1, 0.15) is 24.4 Å². The van der Waals surface area contributed by atoms with E-state index in [4.69, 9.17) is 11.6 Å². The zero-order valence-corrected chi connectivity index (χ0v) is 9.73. The molecule has 1 aromatic rings. The van der Waals surface area contributed by atoms with Crippen molar-refractivity contribution in [3.63, 3.8) is 0 Å². The molecule has 0 fully saturated rings. The van der Waals surface area contributed by atoms with Crippen LogP contribution in [0.4, 0.5) is 0 Å². The molecule has 0 N–H and O–H groups in total. The van der Waals surface area contributed by atoms with Crippen LogP contribution in [0.3, 0.4) is 0 Å². The van der Waals surface area contributed by atoms with Gasteiger partial charge in [0, 0.05) is 15.3 Å². The highest BCUT2D eigenvalue weighted by molar-refractivity contribution is 6.32. The third-order valence-corrected chi connectivity index (χ3v) is 3.83. The lowest BCUT2D eigenvalue weighted by molar-refractivity contribution is 0.882. The van der Waals surface area contributed by atoms with Crippen molar-refractivity contribution in [1.82, 2.24) is 0 Å². The van der Waals surface area contributed by atoms with E-state index in [0.717, 1.165) is 5.02 Å². The zero-order valence-electron chi connectivity index (χ0n) is 6.97. The minimum absolute atomic E-state index is 0.712. The van der Waals surface area contributed by atoms with Gasteiger partial charge >= 0.3 is 0 Å². The van der Waals surface area contributed by atoms with Crippen molar-refractivity contribution in [3.8, 4) is 0 Å². The quantitative estimate of drug-likeness (QED) is 0.619. The van der Waals surface area contributed by atoms with Crippen molar-refractivity contribution in [2.45, 2.75) is 18.9 Å². The highest BCUT2D eigenvalue weighted by Crippen LogP contribution is 2.23. The maximum Gasteiger partial charge on any atom is 0.0437 e. The monoisotopic (exact) mass is 184 g/mol. The van der Waals surface area contributed by atoms with Crippen molar-refractivity contribution in [2.24, 2.45) is 0 Å². The van der Waals surface area contributed by atoms with Crippen LogP contribution < -0.4 is 0 Å². The summed E-state index contributed by atoms with van der Waals surface area (Å²) < 4.78 is 0. The van der Waals surface area contributed by atoms with Gasteiger partial charge in [-0.15, -0.1) is 0 Å². The minimum Gasteiger partial charge on any atom is -0.0840 e. The van der Waals surface area contributed by atoms with Gasteiger partial charge in [0.1, 0.15) is 0 Å². The Morgan fingerprint density at radius 1 is 1.45 bits per heavy atom. The van der Waals surface area contributed by atoms with Gasteiger partial charge in [0.15, 0.2) is 0 Å². The largest absolute Gasteiger partial charge is 0.0840 e. The van der Waals surface area contributed by atoms with E-state index in [9.17, 15) is 0 Å². The van der Waals surface area contributed by atoms with E-state index >= 15 is 0 Å². The molecule has 0 saturated heterocycles. The highest BCUT2D eigenvalue weighted by atomic mass is 35.5. The molecule has 0 aromatic heterocycles. The summed E-state index contributed by atoms with van der Waals surface area (Å²) in [6.07, 6.45) is 1.20. The number of hydrogen-bond donors (Lipinski definition) is 0. The predicted octanol–water partition coefficient (Wildman–Crippen LogP) is 2.16. The first-order valence-corrected chi connectivity index (χ1v) is 5.53. The van der Waals surface area contributed by atoms with Gasteiger partial charge in [-0.3, -0.25) is 0 Å². The molecule has 1 rings (SSSR count). The van der Waals surface area contributed by atoms with Gasteiger partial charge in [0.05, 0.1) is 0 Å². The lowest BCUT2D eigenvalue weighted by Crippen LogP contribution is -1.96. The molecule has 0 aliphatic heterocycles. The van der Waals surface area contributed by atoms with E-state index in [1.165, 1.54) is 22.2 Å². The normalized spacial score (nSPS) is 13.3. The fourth-order valence-corrected chi connectivity index (χ4v) is 2.10. The van der Waals surface area contributed by atoms with Gasteiger partial charge in [-0.05, 0) is 17.2 Å². The van der Waals surface area contributed by atoms with Crippen LogP contribution in [0.5, 0.6) is 0 Å². The zero-order chi connectivity index (χ0) is 8.27. The summed E-state index contributed by atoms with van der Waals surface area (Å²) in [5.74, 6) is 0. The summed E-state index contributed by atoms with van der Waals surface area (Å²) in [6, 6.07) is 8.14. The molecule has 0 bridgehead atoms. The lowest BCUT2D eigenvalue weighted by atomic mass is 10.1. The van der Waals surface area contributed by atoms with Gasteiger partial charge in [0.2, 0.25) is 0 Å². The van der Waals surface area contributed by atoms with Crippen molar-refractivity contribution in [1.29, 1.82) is 0 Å². The lowest BCUT2D eigenvalue weighted by Gasteiger charge is -2.09. The minimum atomic E-state index is 0.712. The molecule has 0 aliphatic carbocycles. The molecule has 0 aliphatic rings. The smallest absolute Gasteiger partial charge is 0.0437 e. The van der Waals surface area contributed by atoms with Crippen LogP contribution in [-0.4, -0.2) is 10.2 Å². The van der Waals surface area contributed by atoms with Gasteiger partial charge in [-0.1, -0.05) is 43.1 Å². The molecular weight excluding hydrogens is 172 g/mol. The van der Waals surface area contributed by atoms with E-state index < -0.39 is 0 Å². The standard InChI is InChI=1S/C9H13ClSi/c1-2-9(11)7-5-3-4-6-8(7)10/h3-6,9H,2H2,1,11H3. The van der Waals surface area contributed by atoms with Gasteiger partial charge in [-0.2, -0.15) is 0 Å². The van der Waals surface area contributed by atoms with Crippen molar-refractivity contribution in [3.05, 3.63) is 34.9 Å². The van der Waals surface area contributed by atoms with Crippen LogP contribution in [0.2, 0.25) is 5.02 Å². The molecule has 1 atom stereocenters. The Hall–Kier alpha value is -0.273. The second kappa shape index (κ2) is 3.93.